The molecule has 0 atom stereocenters. The molecule has 126 valence electrons. The van der Waals surface area contributed by atoms with Crippen LogP contribution in [-0.4, -0.2) is 25.7 Å². The molecule has 0 aliphatic heterocycles. The molecule has 6 nitrogen and oxygen atoms in total. The Hall–Kier alpha value is -2.42. The van der Waals surface area contributed by atoms with Crippen molar-refractivity contribution >= 4 is 27.9 Å². The summed E-state index contributed by atoms with van der Waals surface area (Å²) in [7, 11) is 0. The van der Waals surface area contributed by atoms with E-state index in [1.54, 1.807) is 4.52 Å². The first kappa shape index (κ1) is 16.4. The molecule has 0 aliphatic rings. The van der Waals surface area contributed by atoms with Crippen LogP contribution >= 0.6 is 11.3 Å². The SMILES string of the molecule is CC(C)c1nnc2sc(CCC(=O)Nc3c(F)cccc3F)nn12. The molecule has 0 spiro atoms. The second kappa shape index (κ2) is 6.60. The fraction of sp³-hybridized carbons (Fsp3) is 0.333. The molecule has 9 heteroatoms. The largest absolute Gasteiger partial charge is 0.321 e. The van der Waals surface area contributed by atoms with Gasteiger partial charge in [-0.2, -0.15) is 9.61 Å². The van der Waals surface area contributed by atoms with Gasteiger partial charge >= 0.3 is 0 Å². The number of aromatic nitrogens is 4. The number of halogens is 2. The van der Waals surface area contributed by atoms with Crippen molar-refractivity contribution in [3.63, 3.8) is 0 Å². The molecule has 3 rings (SSSR count). The molecule has 1 aromatic carbocycles. The molecule has 0 fully saturated rings. The number of carbonyl (C=O) groups excluding carboxylic acids is 1. The maximum absolute atomic E-state index is 13.5. The first-order valence-corrected chi connectivity index (χ1v) is 8.22. The zero-order chi connectivity index (χ0) is 17.3. The molecule has 1 N–H and O–H groups in total. The molecule has 0 bridgehead atoms. The molecule has 24 heavy (non-hydrogen) atoms. The Balaban J connectivity index is 1.66. The van der Waals surface area contributed by atoms with Gasteiger partial charge in [0.2, 0.25) is 10.9 Å². The lowest BCUT2D eigenvalue weighted by molar-refractivity contribution is -0.116. The molecular formula is C15H15F2N5OS. The monoisotopic (exact) mass is 351 g/mol. The minimum absolute atomic E-state index is 0.0644. The van der Waals surface area contributed by atoms with Crippen LogP contribution in [0.5, 0.6) is 0 Å². The van der Waals surface area contributed by atoms with Crippen molar-refractivity contribution < 1.29 is 13.6 Å². The molecule has 1 amide bonds. The summed E-state index contributed by atoms with van der Waals surface area (Å²) in [5.41, 5.74) is -0.428. The van der Waals surface area contributed by atoms with Crippen molar-refractivity contribution in [2.45, 2.75) is 32.6 Å². The summed E-state index contributed by atoms with van der Waals surface area (Å²) in [5.74, 6) is -1.14. The van der Waals surface area contributed by atoms with E-state index in [9.17, 15) is 13.6 Å². The standard InChI is InChI=1S/C15H15F2N5OS/c1-8(2)14-19-20-15-22(14)21-12(24-15)7-6-11(23)18-13-9(16)4-3-5-10(13)17/h3-5,8H,6-7H2,1-2H3,(H,18,23). The van der Waals surface area contributed by atoms with Crippen LogP contribution in [0.25, 0.3) is 4.96 Å². The van der Waals surface area contributed by atoms with E-state index in [1.165, 1.54) is 17.4 Å². The van der Waals surface area contributed by atoms with E-state index in [-0.39, 0.29) is 12.3 Å². The Morgan fingerprint density at radius 3 is 2.67 bits per heavy atom. The highest BCUT2D eigenvalue weighted by Gasteiger charge is 2.16. The van der Waals surface area contributed by atoms with E-state index in [2.05, 4.69) is 20.6 Å². The van der Waals surface area contributed by atoms with E-state index in [1.807, 2.05) is 13.8 Å². The molecule has 3 aromatic rings. The van der Waals surface area contributed by atoms with Crippen molar-refractivity contribution in [1.29, 1.82) is 0 Å². The summed E-state index contributed by atoms with van der Waals surface area (Å²) in [6, 6.07) is 3.43. The second-order valence-electron chi connectivity index (χ2n) is 5.55. The number of nitrogens with one attached hydrogen (secondary N) is 1. The third-order valence-electron chi connectivity index (χ3n) is 3.37. The van der Waals surface area contributed by atoms with Crippen LogP contribution in [0.4, 0.5) is 14.5 Å². The van der Waals surface area contributed by atoms with E-state index < -0.39 is 23.2 Å². The minimum atomic E-state index is -0.802. The lowest BCUT2D eigenvalue weighted by atomic mass is 10.2. The van der Waals surface area contributed by atoms with Crippen molar-refractivity contribution in [3.8, 4) is 0 Å². The molecule has 0 saturated carbocycles. The highest BCUT2D eigenvalue weighted by Crippen LogP contribution is 2.21. The fourth-order valence-electron chi connectivity index (χ4n) is 2.17. The van der Waals surface area contributed by atoms with Crippen LogP contribution in [0.2, 0.25) is 0 Å². The molecular weight excluding hydrogens is 336 g/mol. The van der Waals surface area contributed by atoms with Crippen molar-refractivity contribution in [2.24, 2.45) is 0 Å². The first-order chi connectivity index (χ1) is 11.5. The summed E-state index contributed by atoms with van der Waals surface area (Å²) in [5, 5.41) is 15.5. The maximum atomic E-state index is 13.5. The number of fused-ring (bicyclic) bond motifs is 1. The summed E-state index contributed by atoms with van der Waals surface area (Å²) in [4.78, 5) is 12.6. The molecule has 2 aromatic heterocycles. The molecule has 0 saturated heterocycles. The van der Waals surface area contributed by atoms with Gasteiger partial charge in [-0.05, 0) is 12.1 Å². The van der Waals surface area contributed by atoms with E-state index in [0.717, 1.165) is 18.0 Å². The van der Waals surface area contributed by atoms with Crippen LogP contribution in [0.3, 0.4) is 0 Å². The Morgan fingerprint density at radius 2 is 2.00 bits per heavy atom. The van der Waals surface area contributed by atoms with Crippen LogP contribution in [0.1, 0.15) is 37.0 Å². The predicted octanol–water partition coefficient (Wildman–Crippen LogP) is 3.16. The topological polar surface area (TPSA) is 72.2 Å². The van der Waals surface area contributed by atoms with Gasteiger partial charge < -0.3 is 5.32 Å². The minimum Gasteiger partial charge on any atom is -0.321 e. The van der Waals surface area contributed by atoms with Crippen molar-refractivity contribution in [1.82, 2.24) is 19.8 Å². The van der Waals surface area contributed by atoms with E-state index in [0.29, 0.717) is 16.4 Å². The Morgan fingerprint density at radius 1 is 1.29 bits per heavy atom. The van der Waals surface area contributed by atoms with Gasteiger partial charge in [-0.1, -0.05) is 31.3 Å². The van der Waals surface area contributed by atoms with Crippen LogP contribution < -0.4 is 5.32 Å². The van der Waals surface area contributed by atoms with Gasteiger partial charge in [-0.25, -0.2) is 8.78 Å². The van der Waals surface area contributed by atoms with Crippen molar-refractivity contribution in [2.75, 3.05) is 5.32 Å². The lowest BCUT2D eigenvalue weighted by Crippen LogP contribution is -2.14. The first-order valence-electron chi connectivity index (χ1n) is 7.40. The summed E-state index contributed by atoms with van der Waals surface area (Å²) in [6.45, 7) is 3.98. The maximum Gasteiger partial charge on any atom is 0.234 e. The smallest absolute Gasteiger partial charge is 0.234 e. The number of anilines is 1. The number of aryl methyl sites for hydroxylation is 1. The molecule has 0 unspecified atom stereocenters. The number of amides is 1. The van der Waals surface area contributed by atoms with Gasteiger partial charge in [0.15, 0.2) is 5.82 Å². The van der Waals surface area contributed by atoms with Crippen LogP contribution in [-0.2, 0) is 11.2 Å². The predicted molar refractivity (Wildman–Crippen MR) is 86.1 cm³/mol. The highest BCUT2D eigenvalue weighted by atomic mass is 32.1. The number of hydrogen-bond donors (Lipinski definition) is 1. The Bertz CT molecular complexity index is 869. The number of rotatable bonds is 5. The average molecular weight is 351 g/mol. The number of benzene rings is 1. The summed E-state index contributed by atoms with van der Waals surface area (Å²) < 4.78 is 28.7. The average Bonchev–Trinajstić information content (AvgIpc) is 3.08. The van der Waals surface area contributed by atoms with Gasteiger partial charge in [-0.3, -0.25) is 4.79 Å². The molecule has 2 heterocycles. The van der Waals surface area contributed by atoms with E-state index >= 15 is 0 Å². The normalized spacial score (nSPS) is 11.4. The molecule has 0 radical (unpaired) electrons. The summed E-state index contributed by atoms with van der Waals surface area (Å²) in [6.07, 6.45) is 0.419. The van der Waals surface area contributed by atoms with Gasteiger partial charge in [-0.15, -0.1) is 10.2 Å². The number of para-hydroxylation sites is 1. The van der Waals surface area contributed by atoms with Gasteiger partial charge in [0, 0.05) is 18.8 Å². The zero-order valence-electron chi connectivity index (χ0n) is 13.1. The molecule has 0 aliphatic carbocycles. The van der Waals surface area contributed by atoms with Crippen molar-refractivity contribution in [3.05, 3.63) is 40.7 Å². The van der Waals surface area contributed by atoms with Crippen LogP contribution in [0.15, 0.2) is 18.2 Å². The van der Waals surface area contributed by atoms with Gasteiger partial charge in [0.25, 0.3) is 0 Å². The van der Waals surface area contributed by atoms with Gasteiger partial charge in [0.05, 0.1) is 0 Å². The number of hydrogen-bond acceptors (Lipinski definition) is 5. The van der Waals surface area contributed by atoms with Crippen LogP contribution in [0, 0.1) is 11.6 Å². The Kier molecular flexibility index (Phi) is 4.52. The third-order valence-corrected chi connectivity index (χ3v) is 4.32. The summed E-state index contributed by atoms with van der Waals surface area (Å²) >= 11 is 1.34. The van der Waals surface area contributed by atoms with Gasteiger partial charge in [0.1, 0.15) is 22.3 Å². The number of carbonyl (C=O) groups is 1. The lowest BCUT2D eigenvalue weighted by Gasteiger charge is -2.06. The zero-order valence-corrected chi connectivity index (χ0v) is 13.9. The third kappa shape index (κ3) is 3.25. The highest BCUT2D eigenvalue weighted by molar-refractivity contribution is 7.16. The quantitative estimate of drug-likeness (QED) is 0.766. The second-order valence-corrected chi connectivity index (χ2v) is 6.59. The van der Waals surface area contributed by atoms with E-state index in [4.69, 9.17) is 0 Å². The fourth-order valence-corrected chi connectivity index (χ4v) is 3.01. The number of nitrogens with zero attached hydrogens (tertiary/aromatic N) is 4. The Labute approximate surface area is 140 Å².